The summed E-state index contributed by atoms with van der Waals surface area (Å²) in [4.78, 5) is 28.2. The molecule has 10 heteroatoms. The predicted molar refractivity (Wildman–Crippen MR) is 122 cm³/mol. The van der Waals surface area contributed by atoms with Crippen molar-refractivity contribution in [3.63, 3.8) is 0 Å². The zero-order chi connectivity index (χ0) is 24.3. The van der Waals surface area contributed by atoms with Crippen LogP contribution in [0.4, 0.5) is 14.6 Å². The van der Waals surface area contributed by atoms with Crippen molar-refractivity contribution < 1.29 is 18.3 Å². The quantitative estimate of drug-likeness (QED) is 0.571. The Morgan fingerprint density at radius 1 is 1.21 bits per heavy atom. The number of nitrogens with zero attached hydrogens (tertiary/aromatic N) is 3. The molecule has 34 heavy (non-hydrogen) atoms. The molecule has 0 bridgehead atoms. The van der Waals surface area contributed by atoms with Crippen LogP contribution in [0, 0.1) is 6.92 Å². The Hall–Kier alpha value is -3.66. The number of ether oxygens (including phenoxy) is 1. The molecule has 0 radical (unpaired) electrons. The molecule has 8 nitrogen and oxygen atoms in total. The van der Waals surface area contributed by atoms with Gasteiger partial charge in [-0.05, 0) is 37.1 Å². The van der Waals surface area contributed by atoms with Crippen LogP contribution in [0.15, 0.2) is 59.5 Å². The molecule has 1 aromatic carbocycles. The summed E-state index contributed by atoms with van der Waals surface area (Å²) in [5.74, 6) is -3.29. The average molecular weight is 469 g/mol. The number of alkyl halides is 2. The Labute approximate surface area is 195 Å². The van der Waals surface area contributed by atoms with E-state index in [1.807, 2.05) is 31.2 Å². The van der Waals surface area contributed by atoms with Crippen molar-refractivity contribution in [2.45, 2.75) is 38.2 Å². The van der Waals surface area contributed by atoms with E-state index in [1.165, 1.54) is 18.3 Å². The molecule has 1 aliphatic heterocycles. The van der Waals surface area contributed by atoms with Gasteiger partial charge in [0, 0.05) is 37.8 Å². The Morgan fingerprint density at radius 2 is 2.00 bits per heavy atom. The lowest BCUT2D eigenvalue weighted by Crippen LogP contribution is -2.52. The third-order valence-electron chi connectivity index (χ3n) is 6.00. The van der Waals surface area contributed by atoms with Crippen LogP contribution in [-0.2, 0) is 4.79 Å². The second kappa shape index (κ2) is 9.68. The van der Waals surface area contributed by atoms with Gasteiger partial charge in [-0.2, -0.15) is 0 Å². The fourth-order valence-corrected chi connectivity index (χ4v) is 3.89. The number of amides is 1. The summed E-state index contributed by atoms with van der Waals surface area (Å²) in [6.45, 7) is 3.61. The standard InChI is InChI=1S/C24H25F2N5O3/c1-15-5-3-4-6-19(15)34-22-10-8-20(29-30-22)28-23(33)16(2)31-12-11-24(25,26)18(14-31)17-7-9-21(32)27-13-17/h3-10,13,16,18H,11-12,14H2,1-2H3,(H,27,32)(H,28,29,33). The summed E-state index contributed by atoms with van der Waals surface area (Å²) in [6, 6.07) is 12.6. The van der Waals surface area contributed by atoms with E-state index in [-0.39, 0.29) is 42.7 Å². The number of para-hydroxylation sites is 1. The van der Waals surface area contributed by atoms with Crippen molar-refractivity contribution in [1.29, 1.82) is 0 Å². The minimum Gasteiger partial charge on any atom is -0.437 e. The molecular weight excluding hydrogens is 444 g/mol. The summed E-state index contributed by atoms with van der Waals surface area (Å²) in [7, 11) is 0. The molecule has 0 saturated carbocycles. The van der Waals surface area contributed by atoms with Crippen LogP contribution < -0.4 is 15.6 Å². The number of carbonyl (C=O) groups is 1. The fraction of sp³-hybridized carbons (Fsp3) is 0.333. The van der Waals surface area contributed by atoms with Gasteiger partial charge in [0.2, 0.25) is 17.3 Å². The maximum absolute atomic E-state index is 14.6. The van der Waals surface area contributed by atoms with Gasteiger partial charge < -0.3 is 15.0 Å². The lowest BCUT2D eigenvalue weighted by Gasteiger charge is -2.40. The number of aromatic amines is 1. The van der Waals surface area contributed by atoms with Gasteiger partial charge in [-0.15, -0.1) is 10.2 Å². The zero-order valence-electron chi connectivity index (χ0n) is 18.8. The number of anilines is 1. The predicted octanol–water partition coefficient (Wildman–Crippen LogP) is 3.72. The number of pyridine rings is 1. The molecule has 3 aromatic rings. The van der Waals surface area contributed by atoms with Crippen LogP contribution in [0.5, 0.6) is 11.6 Å². The number of aryl methyl sites for hydroxylation is 1. The largest absolute Gasteiger partial charge is 0.437 e. The van der Waals surface area contributed by atoms with Gasteiger partial charge in [0.05, 0.1) is 12.0 Å². The number of rotatable bonds is 6. The van der Waals surface area contributed by atoms with Gasteiger partial charge in [0.1, 0.15) is 5.75 Å². The number of piperidine rings is 1. The number of aromatic nitrogens is 3. The molecule has 0 spiro atoms. The van der Waals surface area contributed by atoms with Crippen LogP contribution in [0.2, 0.25) is 0 Å². The van der Waals surface area contributed by atoms with Crippen LogP contribution in [0.1, 0.15) is 30.4 Å². The summed E-state index contributed by atoms with van der Waals surface area (Å²) in [5.41, 5.74) is 0.920. The summed E-state index contributed by atoms with van der Waals surface area (Å²) in [6.07, 6.45) is 0.921. The van der Waals surface area contributed by atoms with Gasteiger partial charge in [-0.3, -0.25) is 14.5 Å². The SMILES string of the molecule is Cc1ccccc1Oc1ccc(NC(=O)C(C)N2CCC(F)(F)C(c3ccc(=O)[nH]c3)C2)nn1. The molecule has 2 unspecified atom stereocenters. The first-order chi connectivity index (χ1) is 16.2. The molecule has 1 aliphatic rings. The molecule has 3 heterocycles. The van der Waals surface area contributed by atoms with E-state index in [2.05, 4.69) is 20.5 Å². The van der Waals surface area contributed by atoms with Crippen molar-refractivity contribution in [3.8, 4) is 11.6 Å². The van der Waals surface area contributed by atoms with E-state index in [0.29, 0.717) is 11.3 Å². The van der Waals surface area contributed by atoms with Crippen LogP contribution in [-0.4, -0.2) is 51.0 Å². The van der Waals surface area contributed by atoms with Crippen LogP contribution >= 0.6 is 0 Å². The van der Waals surface area contributed by atoms with Gasteiger partial charge in [-0.25, -0.2) is 8.78 Å². The van der Waals surface area contributed by atoms with Crippen LogP contribution in [0.25, 0.3) is 0 Å². The lowest BCUT2D eigenvalue weighted by atomic mass is 9.87. The molecule has 1 amide bonds. The molecule has 1 fully saturated rings. The Kier molecular flexibility index (Phi) is 6.69. The molecule has 0 aliphatic carbocycles. The van der Waals surface area contributed by atoms with E-state index in [4.69, 9.17) is 4.74 Å². The second-order valence-electron chi connectivity index (χ2n) is 8.33. The van der Waals surface area contributed by atoms with E-state index in [0.717, 1.165) is 5.56 Å². The Bertz CT molecular complexity index is 1200. The summed E-state index contributed by atoms with van der Waals surface area (Å²) in [5, 5.41) is 10.7. The lowest BCUT2D eigenvalue weighted by molar-refractivity contribution is -0.125. The van der Waals surface area contributed by atoms with Gasteiger partial charge in [0.25, 0.3) is 5.92 Å². The van der Waals surface area contributed by atoms with Crippen molar-refractivity contribution in [2.75, 3.05) is 18.4 Å². The van der Waals surface area contributed by atoms with E-state index in [9.17, 15) is 18.4 Å². The molecule has 178 valence electrons. The van der Waals surface area contributed by atoms with Crippen molar-refractivity contribution in [3.05, 3.63) is 76.2 Å². The first kappa shape index (κ1) is 23.5. The number of carbonyl (C=O) groups excluding carboxylic acids is 1. The van der Waals surface area contributed by atoms with Gasteiger partial charge >= 0.3 is 0 Å². The first-order valence-corrected chi connectivity index (χ1v) is 10.9. The Morgan fingerprint density at radius 3 is 2.68 bits per heavy atom. The van der Waals surface area contributed by atoms with Gasteiger partial charge in [-0.1, -0.05) is 24.3 Å². The van der Waals surface area contributed by atoms with Crippen LogP contribution in [0.3, 0.4) is 0 Å². The van der Waals surface area contributed by atoms with E-state index >= 15 is 0 Å². The number of H-pyrrole nitrogens is 1. The topological polar surface area (TPSA) is 100 Å². The minimum atomic E-state index is -2.94. The molecule has 1 saturated heterocycles. The van der Waals surface area contributed by atoms with Crippen molar-refractivity contribution in [1.82, 2.24) is 20.1 Å². The van der Waals surface area contributed by atoms with E-state index < -0.39 is 17.9 Å². The monoisotopic (exact) mass is 469 g/mol. The highest BCUT2D eigenvalue weighted by atomic mass is 19.3. The molecule has 4 rings (SSSR count). The maximum Gasteiger partial charge on any atom is 0.257 e. The maximum atomic E-state index is 14.6. The number of halogens is 2. The highest BCUT2D eigenvalue weighted by Gasteiger charge is 2.46. The molecular formula is C24H25F2N5O3. The molecule has 2 N–H and O–H groups in total. The van der Waals surface area contributed by atoms with Gasteiger partial charge in [0.15, 0.2) is 5.82 Å². The number of hydrogen-bond acceptors (Lipinski definition) is 6. The van der Waals surface area contributed by atoms with Crippen molar-refractivity contribution >= 4 is 11.7 Å². The smallest absolute Gasteiger partial charge is 0.257 e. The fourth-order valence-electron chi connectivity index (χ4n) is 3.89. The number of likely N-dealkylation sites (tertiary alicyclic amines) is 1. The van der Waals surface area contributed by atoms with Crippen molar-refractivity contribution in [2.24, 2.45) is 0 Å². The number of hydrogen-bond donors (Lipinski definition) is 2. The first-order valence-electron chi connectivity index (χ1n) is 10.9. The van der Waals surface area contributed by atoms with E-state index in [1.54, 1.807) is 24.0 Å². The average Bonchev–Trinajstić information content (AvgIpc) is 2.82. The normalized spacial score (nSPS) is 18.8. The summed E-state index contributed by atoms with van der Waals surface area (Å²) < 4.78 is 34.9. The zero-order valence-corrected chi connectivity index (χ0v) is 18.8. The number of benzene rings is 1. The second-order valence-corrected chi connectivity index (χ2v) is 8.33. The number of nitrogens with one attached hydrogen (secondary N) is 2. The molecule has 2 atom stereocenters. The summed E-state index contributed by atoms with van der Waals surface area (Å²) >= 11 is 0. The Balaban J connectivity index is 1.39. The third kappa shape index (κ3) is 5.28. The molecule has 2 aromatic heterocycles. The third-order valence-corrected chi connectivity index (χ3v) is 6.00. The highest BCUT2D eigenvalue weighted by Crippen LogP contribution is 2.40. The minimum absolute atomic E-state index is 0.0253. The highest BCUT2D eigenvalue weighted by molar-refractivity contribution is 5.93.